The van der Waals surface area contributed by atoms with Gasteiger partial charge in [0.2, 0.25) is 0 Å². The summed E-state index contributed by atoms with van der Waals surface area (Å²) >= 11 is 0. The molecule has 25 heavy (non-hydrogen) atoms. The zero-order chi connectivity index (χ0) is 17.8. The van der Waals surface area contributed by atoms with Crippen LogP contribution in [0.2, 0.25) is 0 Å². The number of nitrogens with one attached hydrogen (secondary N) is 1. The van der Waals surface area contributed by atoms with Crippen LogP contribution < -0.4 is 10.1 Å². The smallest absolute Gasteiger partial charge is 0.275 e. The minimum absolute atomic E-state index is 0.262. The lowest BCUT2D eigenvalue weighted by Gasteiger charge is -2.09. The lowest BCUT2D eigenvalue weighted by atomic mass is 10.2. The maximum absolute atomic E-state index is 12.4. The number of aromatic nitrogens is 3. The number of anilines is 1. The molecule has 0 aromatic carbocycles. The van der Waals surface area contributed by atoms with Crippen LogP contribution in [0, 0.1) is 20.8 Å². The third-order valence-electron chi connectivity index (χ3n) is 3.41. The van der Waals surface area contributed by atoms with Crippen molar-refractivity contribution in [3.05, 3.63) is 71.4 Å². The molecule has 0 fully saturated rings. The first kappa shape index (κ1) is 16.6. The van der Waals surface area contributed by atoms with E-state index in [1.54, 1.807) is 24.4 Å². The highest BCUT2D eigenvalue weighted by molar-refractivity contribution is 6.02. The molecule has 3 rings (SSSR count). The Morgan fingerprint density at radius 3 is 2.48 bits per heavy atom. The first-order valence-corrected chi connectivity index (χ1v) is 7.84. The van der Waals surface area contributed by atoms with Crippen molar-refractivity contribution in [2.45, 2.75) is 20.8 Å². The highest BCUT2D eigenvalue weighted by Gasteiger charge is 2.12. The average molecular weight is 334 g/mol. The molecule has 0 spiro atoms. The van der Waals surface area contributed by atoms with Crippen molar-refractivity contribution in [3.8, 4) is 11.5 Å². The quantitative estimate of drug-likeness (QED) is 0.784. The molecule has 1 amide bonds. The van der Waals surface area contributed by atoms with E-state index in [4.69, 9.17) is 4.74 Å². The number of carbonyl (C=O) groups excluding carboxylic acids is 1. The van der Waals surface area contributed by atoms with Gasteiger partial charge >= 0.3 is 0 Å². The number of hydrogen-bond donors (Lipinski definition) is 1. The monoisotopic (exact) mass is 334 g/mol. The highest BCUT2D eigenvalue weighted by atomic mass is 16.5. The molecule has 0 bridgehead atoms. The van der Waals surface area contributed by atoms with Gasteiger partial charge in [-0.2, -0.15) is 0 Å². The third-order valence-corrected chi connectivity index (χ3v) is 3.41. The molecular weight excluding hydrogens is 316 g/mol. The Morgan fingerprint density at radius 2 is 1.76 bits per heavy atom. The van der Waals surface area contributed by atoms with E-state index in [2.05, 4.69) is 20.3 Å². The van der Waals surface area contributed by atoms with Crippen molar-refractivity contribution < 1.29 is 9.53 Å². The molecule has 0 saturated carbocycles. The predicted octanol–water partition coefficient (Wildman–Crippen LogP) is 3.84. The van der Waals surface area contributed by atoms with E-state index >= 15 is 0 Å². The van der Waals surface area contributed by atoms with Crippen LogP contribution in [0.5, 0.6) is 11.5 Å². The Kier molecular flexibility index (Phi) is 4.70. The van der Waals surface area contributed by atoms with E-state index in [1.165, 1.54) is 0 Å². The van der Waals surface area contributed by atoms with E-state index in [-0.39, 0.29) is 11.6 Å². The summed E-state index contributed by atoms with van der Waals surface area (Å²) in [7, 11) is 0. The number of nitrogens with zero attached hydrogens (tertiary/aromatic N) is 3. The molecule has 0 saturated heterocycles. The standard InChI is InChI=1S/C19H18N4O2/c1-12-7-8-15(11-20-12)25-16-9-14(3)21-17(10-16)19(24)23-18-6-4-5-13(2)22-18/h4-11H,1-3H3,(H,22,23,24). The van der Waals surface area contributed by atoms with E-state index < -0.39 is 0 Å². The normalized spacial score (nSPS) is 10.4. The van der Waals surface area contributed by atoms with Gasteiger partial charge in [-0.05, 0) is 45.0 Å². The molecule has 0 aliphatic heterocycles. The number of aryl methyl sites for hydroxylation is 3. The first-order valence-electron chi connectivity index (χ1n) is 7.84. The van der Waals surface area contributed by atoms with Gasteiger partial charge in [-0.25, -0.2) is 9.97 Å². The Hall–Kier alpha value is -3.28. The van der Waals surface area contributed by atoms with Crippen molar-refractivity contribution in [3.63, 3.8) is 0 Å². The summed E-state index contributed by atoms with van der Waals surface area (Å²) in [6, 6.07) is 12.5. The average Bonchev–Trinajstić information content (AvgIpc) is 2.56. The fraction of sp³-hybridized carbons (Fsp3) is 0.158. The van der Waals surface area contributed by atoms with E-state index in [9.17, 15) is 4.79 Å². The van der Waals surface area contributed by atoms with Crippen LogP contribution in [0.15, 0.2) is 48.7 Å². The van der Waals surface area contributed by atoms with Gasteiger partial charge in [0.15, 0.2) is 0 Å². The molecule has 3 aromatic heterocycles. The lowest BCUT2D eigenvalue weighted by Crippen LogP contribution is -2.15. The maximum atomic E-state index is 12.4. The van der Waals surface area contributed by atoms with Crippen LogP contribution >= 0.6 is 0 Å². The molecule has 0 radical (unpaired) electrons. The highest BCUT2D eigenvalue weighted by Crippen LogP contribution is 2.22. The zero-order valence-electron chi connectivity index (χ0n) is 14.3. The number of rotatable bonds is 4. The summed E-state index contributed by atoms with van der Waals surface area (Å²) in [6.07, 6.45) is 1.64. The van der Waals surface area contributed by atoms with Crippen LogP contribution in [0.3, 0.4) is 0 Å². The molecule has 1 N–H and O–H groups in total. The molecule has 0 aliphatic carbocycles. The summed E-state index contributed by atoms with van der Waals surface area (Å²) < 4.78 is 5.78. The molecule has 0 aliphatic rings. The van der Waals surface area contributed by atoms with Crippen molar-refractivity contribution in [2.75, 3.05) is 5.32 Å². The first-order chi connectivity index (χ1) is 12.0. The van der Waals surface area contributed by atoms with Gasteiger partial charge in [-0.15, -0.1) is 0 Å². The van der Waals surface area contributed by atoms with Gasteiger partial charge in [0, 0.05) is 29.2 Å². The Labute approximate surface area is 145 Å². The second-order valence-corrected chi connectivity index (χ2v) is 5.69. The summed E-state index contributed by atoms with van der Waals surface area (Å²) in [5.74, 6) is 1.27. The van der Waals surface area contributed by atoms with E-state index in [0.717, 1.165) is 11.4 Å². The number of amides is 1. The van der Waals surface area contributed by atoms with E-state index in [0.29, 0.717) is 23.0 Å². The topological polar surface area (TPSA) is 77.0 Å². The fourth-order valence-corrected chi connectivity index (χ4v) is 2.26. The van der Waals surface area contributed by atoms with Gasteiger partial charge in [0.25, 0.3) is 5.91 Å². The summed E-state index contributed by atoms with van der Waals surface area (Å²) in [5.41, 5.74) is 2.67. The lowest BCUT2D eigenvalue weighted by molar-refractivity contribution is 0.102. The second kappa shape index (κ2) is 7.09. The van der Waals surface area contributed by atoms with Gasteiger partial charge < -0.3 is 10.1 Å². The number of pyridine rings is 3. The predicted molar refractivity (Wildman–Crippen MR) is 94.9 cm³/mol. The second-order valence-electron chi connectivity index (χ2n) is 5.69. The zero-order valence-corrected chi connectivity index (χ0v) is 14.3. The third kappa shape index (κ3) is 4.38. The van der Waals surface area contributed by atoms with Gasteiger partial charge in [-0.1, -0.05) is 6.07 Å². The van der Waals surface area contributed by atoms with Crippen molar-refractivity contribution >= 4 is 11.7 Å². The minimum Gasteiger partial charge on any atom is -0.456 e. The molecule has 0 unspecified atom stereocenters. The Bertz CT molecular complexity index is 908. The molecule has 3 aromatic rings. The van der Waals surface area contributed by atoms with Crippen LogP contribution in [0.25, 0.3) is 0 Å². The van der Waals surface area contributed by atoms with Gasteiger partial charge in [0.1, 0.15) is 23.0 Å². The van der Waals surface area contributed by atoms with Crippen LogP contribution in [-0.2, 0) is 0 Å². The van der Waals surface area contributed by atoms with Crippen LogP contribution in [0.1, 0.15) is 27.6 Å². The van der Waals surface area contributed by atoms with Crippen molar-refractivity contribution in [2.24, 2.45) is 0 Å². The number of ether oxygens (including phenoxy) is 1. The molecule has 6 heteroatoms. The molecule has 3 heterocycles. The van der Waals surface area contributed by atoms with Crippen molar-refractivity contribution in [1.82, 2.24) is 15.0 Å². The molecule has 0 atom stereocenters. The molecule has 6 nitrogen and oxygen atoms in total. The minimum atomic E-state index is -0.339. The molecular formula is C19H18N4O2. The fourth-order valence-electron chi connectivity index (χ4n) is 2.26. The van der Waals surface area contributed by atoms with Crippen LogP contribution in [0.4, 0.5) is 5.82 Å². The van der Waals surface area contributed by atoms with Gasteiger partial charge in [0.05, 0.1) is 6.20 Å². The van der Waals surface area contributed by atoms with Gasteiger partial charge in [-0.3, -0.25) is 9.78 Å². The molecule has 126 valence electrons. The number of hydrogen-bond acceptors (Lipinski definition) is 5. The van der Waals surface area contributed by atoms with Crippen LogP contribution in [-0.4, -0.2) is 20.9 Å². The Morgan fingerprint density at radius 1 is 0.920 bits per heavy atom. The maximum Gasteiger partial charge on any atom is 0.275 e. The largest absolute Gasteiger partial charge is 0.456 e. The summed E-state index contributed by atoms with van der Waals surface area (Å²) in [5, 5.41) is 2.74. The SMILES string of the molecule is Cc1ccc(Oc2cc(C)nc(C(=O)Nc3cccc(C)n3)c2)cn1. The summed E-state index contributed by atoms with van der Waals surface area (Å²) in [6.45, 7) is 5.58. The number of carbonyl (C=O) groups is 1. The van der Waals surface area contributed by atoms with E-state index in [1.807, 2.05) is 45.0 Å². The summed E-state index contributed by atoms with van der Waals surface area (Å²) in [4.78, 5) is 25.2. The Balaban J connectivity index is 1.80. The van der Waals surface area contributed by atoms with Crippen molar-refractivity contribution in [1.29, 1.82) is 0 Å².